The van der Waals surface area contributed by atoms with E-state index in [1.165, 1.54) is 0 Å². The van der Waals surface area contributed by atoms with Gasteiger partial charge in [-0.05, 0) is 37.5 Å². The molecule has 0 spiro atoms. The summed E-state index contributed by atoms with van der Waals surface area (Å²) >= 11 is 0. The van der Waals surface area contributed by atoms with E-state index in [1.807, 2.05) is 37.3 Å². The maximum absolute atomic E-state index is 12.8. The van der Waals surface area contributed by atoms with Gasteiger partial charge in [0.2, 0.25) is 17.7 Å². The maximum Gasteiger partial charge on any atom is 0.243 e. The fourth-order valence-corrected chi connectivity index (χ4v) is 4.04. The van der Waals surface area contributed by atoms with E-state index in [0.29, 0.717) is 50.6 Å². The molecule has 2 aliphatic heterocycles. The molecule has 4 rings (SSSR count). The summed E-state index contributed by atoms with van der Waals surface area (Å²) in [5, 5.41) is 0. The Morgan fingerprint density at radius 2 is 1.71 bits per heavy atom. The van der Waals surface area contributed by atoms with Crippen molar-refractivity contribution in [2.75, 3.05) is 26.3 Å². The highest BCUT2D eigenvalue weighted by atomic mass is 16.6. The maximum atomic E-state index is 12.8. The molecule has 28 heavy (non-hydrogen) atoms. The second kappa shape index (κ2) is 7.66. The average molecular weight is 384 g/mol. The molecule has 3 aliphatic rings. The molecule has 1 saturated heterocycles. The van der Waals surface area contributed by atoms with Crippen LogP contribution in [0.5, 0.6) is 11.5 Å². The zero-order valence-corrected chi connectivity index (χ0v) is 15.9. The second-order valence-corrected chi connectivity index (χ2v) is 7.30. The molecule has 0 bridgehead atoms. The van der Waals surface area contributed by atoms with Crippen molar-refractivity contribution in [2.24, 2.45) is 11.8 Å². The van der Waals surface area contributed by atoms with Gasteiger partial charge in [-0.25, -0.2) is 0 Å². The standard InChI is InChI=1S/C21H24N2O5/c1-2-22(12-14-7-8-17-18(11-14)28-10-9-27-17)19(24)13-23-20(25)15-5-3-4-6-16(15)21(23)26/h3-4,7-8,11,15-16H,2,5-6,9-10,12-13H2,1H3/t15-,16-/m1/s1. The Balaban J connectivity index is 1.43. The summed E-state index contributed by atoms with van der Waals surface area (Å²) in [6.45, 7) is 3.59. The number of nitrogens with zero attached hydrogens (tertiary/aromatic N) is 2. The number of imide groups is 1. The Morgan fingerprint density at radius 3 is 2.36 bits per heavy atom. The molecule has 0 unspecified atom stereocenters. The van der Waals surface area contributed by atoms with Crippen LogP contribution in [0, 0.1) is 11.8 Å². The fourth-order valence-electron chi connectivity index (χ4n) is 4.04. The second-order valence-electron chi connectivity index (χ2n) is 7.30. The zero-order valence-electron chi connectivity index (χ0n) is 15.9. The van der Waals surface area contributed by atoms with E-state index in [1.54, 1.807) is 4.90 Å². The summed E-state index contributed by atoms with van der Waals surface area (Å²) in [7, 11) is 0. The lowest BCUT2D eigenvalue weighted by molar-refractivity contribution is -0.146. The van der Waals surface area contributed by atoms with Crippen LogP contribution in [0.15, 0.2) is 30.4 Å². The van der Waals surface area contributed by atoms with Gasteiger partial charge in [-0.15, -0.1) is 0 Å². The monoisotopic (exact) mass is 384 g/mol. The highest BCUT2D eigenvalue weighted by Crippen LogP contribution is 2.35. The van der Waals surface area contributed by atoms with E-state index in [4.69, 9.17) is 9.47 Å². The molecule has 0 N–H and O–H groups in total. The van der Waals surface area contributed by atoms with Crippen molar-refractivity contribution < 1.29 is 23.9 Å². The molecule has 0 saturated carbocycles. The van der Waals surface area contributed by atoms with Crippen LogP contribution in [0.3, 0.4) is 0 Å². The molecular formula is C21H24N2O5. The number of amides is 3. The van der Waals surface area contributed by atoms with Gasteiger partial charge in [-0.3, -0.25) is 19.3 Å². The number of likely N-dealkylation sites (N-methyl/N-ethyl adjacent to an activating group) is 1. The average Bonchev–Trinajstić information content (AvgIpc) is 2.97. The predicted molar refractivity (Wildman–Crippen MR) is 101 cm³/mol. The number of benzene rings is 1. The van der Waals surface area contributed by atoms with Crippen LogP contribution in [0.25, 0.3) is 0 Å². The third-order valence-corrected chi connectivity index (χ3v) is 5.61. The summed E-state index contributed by atoms with van der Waals surface area (Å²) in [6.07, 6.45) is 5.04. The van der Waals surface area contributed by atoms with Crippen LogP contribution in [-0.4, -0.2) is 53.8 Å². The summed E-state index contributed by atoms with van der Waals surface area (Å²) in [4.78, 5) is 40.8. The molecule has 3 amide bonds. The van der Waals surface area contributed by atoms with E-state index in [9.17, 15) is 14.4 Å². The number of fused-ring (bicyclic) bond motifs is 2. The van der Waals surface area contributed by atoms with Gasteiger partial charge in [0.1, 0.15) is 19.8 Å². The van der Waals surface area contributed by atoms with E-state index in [-0.39, 0.29) is 36.1 Å². The largest absolute Gasteiger partial charge is 0.486 e. The van der Waals surface area contributed by atoms with Gasteiger partial charge >= 0.3 is 0 Å². The Labute approximate surface area is 163 Å². The van der Waals surface area contributed by atoms with Crippen LogP contribution in [0.2, 0.25) is 0 Å². The lowest BCUT2D eigenvalue weighted by atomic mass is 9.85. The van der Waals surface area contributed by atoms with Gasteiger partial charge in [0.05, 0.1) is 11.8 Å². The molecule has 7 nitrogen and oxygen atoms in total. The van der Waals surface area contributed by atoms with Gasteiger partial charge in [0.25, 0.3) is 0 Å². The van der Waals surface area contributed by atoms with Crippen LogP contribution < -0.4 is 9.47 Å². The van der Waals surface area contributed by atoms with Crippen molar-refractivity contribution in [1.29, 1.82) is 0 Å². The van der Waals surface area contributed by atoms with Crippen LogP contribution in [0.1, 0.15) is 25.3 Å². The SMILES string of the molecule is CCN(Cc1ccc2c(c1)OCCO2)C(=O)CN1C(=O)[C@@H]2CC=CC[C@H]2C1=O. The molecule has 1 aliphatic carbocycles. The number of likely N-dealkylation sites (tertiary alicyclic amines) is 1. The number of ether oxygens (including phenoxy) is 2. The Hall–Kier alpha value is -2.83. The number of hydrogen-bond donors (Lipinski definition) is 0. The first kappa shape index (κ1) is 18.5. The van der Waals surface area contributed by atoms with Gasteiger partial charge in [-0.1, -0.05) is 18.2 Å². The first-order chi connectivity index (χ1) is 13.6. The number of rotatable bonds is 5. The first-order valence-corrected chi connectivity index (χ1v) is 9.75. The molecular weight excluding hydrogens is 360 g/mol. The Morgan fingerprint density at radius 1 is 1.07 bits per heavy atom. The summed E-state index contributed by atoms with van der Waals surface area (Å²) in [5.41, 5.74) is 0.913. The summed E-state index contributed by atoms with van der Waals surface area (Å²) < 4.78 is 11.1. The van der Waals surface area contributed by atoms with Crippen molar-refractivity contribution >= 4 is 17.7 Å². The number of hydrogen-bond acceptors (Lipinski definition) is 5. The van der Waals surface area contributed by atoms with Crippen molar-refractivity contribution in [3.8, 4) is 11.5 Å². The number of carbonyl (C=O) groups is 3. The smallest absolute Gasteiger partial charge is 0.243 e. The topological polar surface area (TPSA) is 76.2 Å². The minimum absolute atomic E-state index is 0.191. The van der Waals surface area contributed by atoms with Crippen LogP contribution >= 0.6 is 0 Å². The number of carbonyl (C=O) groups excluding carboxylic acids is 3. The number of allylic oxidation sites excluding steroid dienone is 2. The Kier molecular flexibility index (Phi) is 5.07. The third-order valence-electron chi connectivity index (χ3n) is 5.61. The van der Waals surface area contributed by atoms with E-state index >= 15 is 0 Å². The van der Waals surface area contributed by atoms with Gasteiger partial charge < -0.3 is 14.4 Å². The fraction of sp³-hybridized carbons (Fsp3) is 0.476. The third kappa shape index (κ3) is 3.37. The predicted octanol–water partition coefficient (Wildman–Crippen LogP) is 1.76. The molecule has 7 heteroatoms. The highest BCUT2D eigenvalue weighted by molar-refractivity contribution is 6.07. The van der Waals surface area contributed by atoms with Crippen molar-refractivity contribution in [1.82, 2.24) is 9.80 Å². The van der Waals surface area contributed by atoms with Crippen molar-refractivity contribution in [2.45, 2.75) is 26.3 Å². The quantitative estimate of drug-likeness (QED) is 0.571. The Bertz CT molecular complexity index is 808. The first-order valence-electron chi connectivity index (χ1n) is 9.75. The lowest BCUT2D eigenvalue weighted by Gasteiger charge is -2.25. The van der Waals surface area contributed by atoms with E-state index in [2.05, 4.69) is 0 Å². The summed E-state index contributed by atoms with van der Waals surface area (Å²) in [6, 6.07) is 5.61. The van der Waals surface area contributed by atoms with E-state index in [0.717, 1.165) is 10.5 Å². The van der Waals surface area contributed by atoms with Crippen LogP contribution in [0.4, 0.5) is 0 Å². The molecule has 2 heterocycles. The van der Waals surface area contributed by atoms with Crippen molar-refractivity contribution in [3.05, 3.63) is 35.9 Å². The molecule has 1 fully saturated rings. The lowest BCUT2D eigenvalue weighted by Crippen LogP contribution is -2.43. The summed E-state index contributed by atoms with van der Waals surface area (Å²) in [5.74, 6) is 0.0933. The van der Waals surface area contributed by atoms with E-state index < -0.39 is 0 Å². The molecule has 1 aromatic rings. The molecule has 148 valence electrons. The molecule has 0 radical (unpaired) electrons. The van der Waals surface area contributed by atoms with Crippen molar-refractivity contribution in [3.63, 3.8) is 0 Å². The van der Waals surface area contributed by atoms with Gasteiger partial charge in [0.15, 0.2) is 11.5 Å². The molecule has 2 atom stereocenters. The van der Waals surface area contributed by atoms with Gasteiger partial charge in [0, 0.05) is 13.1 Å². The van der Waals surface area contributed by atoms with Crippen LogP contribution in [-0.2, 0) is 20.9 Å². The zero-order chi connectivity index (χ0) is 19.7. The minimum Gasteiger partial charge on any atom is -0.486 e. The molecule has 0 aromatic heterocycles. The minimum atomic E-state index is -0.307. The molecule has 1 aromatic carbocycles. The normalized spacial score (nSPS) is 23.0. The van der Waals surface area contributed by atoms with Gasteiger partial charge in [-0.2, -0.15) is 0 Å². The highest BCUT2D eigenvalue weighted by Gasteiger charge is 2.47.